The van der Waals surface area contributed by atoms with Crippen molar-refractivity contribution in [3.05, 3.63) is 12.2 Å². The number of hydrogen-bond donors (Lipinski definition) is 0. The highest BCUT2D eigenvalue weighted by molar-refractivity contribution is 6.13. The lowest BCUT2D eigenvalue weighted by Crippen LogP contribution is -2.34. The van der Waals surface area contributed by atoms with Crippen molar-refractivity contribution in [2.75, 3.05) is 6.54 Å². The van der Waals surface area contributed by atoms with Crippen LogP contribution in [-0.2, 0) is 28.7 Å². The van der Waals surface area contributed by atoms with Gasteiger partial charge in [0.1, 0.15) is 0 Å². The molecular weight excluding hydrogens is 254 g/mol. The Morgan fingerprint density at radius 3 is 2.16 bits per heavy atom. The lowest BCUT2D eigenvalue weighted by Gasteiger charge is -2.14. The molecule has 2 amide bonds. The topological polar surface area (TPSA) is 97.8 Å². The molecule has 7 nitrogen and oxygen atoms in total. The molecule has 0 N–H and O–H groups in total. The van der Waals surface area contributed by atoms with E-state index in [-0.39, 0.29) is 25.8 Å². The van der Waals surface area contributed by atoms with Crippen LogP contribution >= 0.6 is 0 Å². The van der Waals surface area contributed by atoms with Gasteiger partial charge in [-0.25, -0.2) is 0 Å². The molecule has 100 valence electrons. The quantitative estimate of drug-likeness (QED) is 0.373. The minimum Gasteiger partial charge on any atom is -0.446 e. The Labute approximate surface area is 108 Å². The van der Waals surface area contributed by atoms with Crippen LogP contribution in [0, 0.1) is 0 Å². The van der Waals surface area contributed by atoms with Crippen LogP contribution in [0.15, 0.2) is 12.2 Å². The molecule has 0 bridgehead atoms. The van der Waals surface area contributed by atoms with Gasteiger partial charge in [-0.15, -0.1) is 0 Å². The first-order chi connectivity index (χ1) is 8.99. The van der Waals surface area contributed by atoms with E-state index in [1.807, 2.05) is 0 Å². The number of esters is 1. The van der Waals surface area contributed by atoms with Gasteiger partial charge in [-0.1, -0.05) is 0 Å². The van der Waals surface area contributed by atoms with Crippen molar-refractivity contribution in [3.8, 4) is 0 Å². The third kappa shape index (κ3) is 2.75. The predicted octanol–water partition coefficient (Wildman–Crippen LogP) is -0.855. The number of ketones is 2. The summed E-state index contributed by atoms with van der Waals surface area (Å²) in [5.41, 5.74) is 0. The molecule has 0 atom stereocenters. The van der Waals surface area contributed by atoms with Crippen molar-refractivity contribution in [1.82, 2.24) is 4.90 Å². The smallest absolute Gasteiger partial charge is 0.308 e. The Morgan fingerprint density at radius 2 is 1.63 bits per heavy atom. The summed E-state index contributed by atoms with van der Waals surface area (Å²) in [6.45, 7) is -0.126. The number of ether oxygens (including phenoxy) is 1. The second kappa shape index (κ2) is 5.13. The van der Waals surface area contributed by atoms with E-state index in [0.717, 1.165) is 17.1 Å². The highest BCUT2D eigenvalue weighted by Crippen LogP contribution is 2.15. The van der Waals surface area contributed by atoms with Crippen molar-refractivity contribution in [2.24, 2.45) is 0 Å². The maximum Gasteiger partial charge on any atom is 0.308 e. The number of hydrogen-bond acceptors (Lipinski definition) is 6. The molecular formula is C12H11NO6. The van der Waals surface area contributed by atoms with Gasteiger partial charge in [0, 0.05) is 31.5 Å². The van der Waals surface area contributed by atoms with Crippen molar-refractivity contribution in [2.45, 2.75) is 25.4 Å². The number of amides is 2. The van der Waals surface area contributed by atoms with E-state index in [0.29, 0.717) is 0 Å². The van der Waals surface area contributed by atoms with Crippen LogP contribution in [0.25, 0.3) is 0 Å². The molecule has 1 saturated carbocycles. The molecule has 19 heavy (non-hydrogen) atoms. The van der Waals surface area contributed by atoms with Gasteiger partial charge in [0.2, 0.25) is 6.10 Å². The Balaban J connectivity index is 1.82. The van der Waals surface area contributed by atoms with E-state index in [2.05, 4.69) is 0 Å². The third-order valence-electron chi connectivity index (χ3n) is 2.89. The molecule has 7 heteroatoms. The maximum atomic E-state index is 11.5. The first kappa shape index (κ1) is 13.1. The Hall–Kier alpha value is -2.31. The summed E-state index contributed by atoms with van der Waals surface area (Å²) < 4.78 is 4.76. The summed E-state index contributed by atoms with van der Waals surface area (Å²) in [6, 6.07) is 0. The lowest BCUT2D eigenvalue weighted by molar-refractivity contribution is -0.158. The molecule has 0 aromatic carbocycles. The van der Waals surface area contributed by atoms with Crippen LogP contribution in [0.3, 0.4) is 0 Å². The number of nitrogens with zero attached hydrogens (tertiary/aromatic N) is 1. The van der Waals surface area contributed by atoms with Crippen LogP contribution in [-0.4, -0.2) is 46.9 Å². The molecule has 0 aromatic heterocycles. The van der Waals surface area contributed by atoms with E-state index in [4.69, 9.17) is 4.74 Å². The van der Waals surface area contributed by atoms with E-state index in [9.17, 15) is 24.0 Å². The number of imide groups is 1. The first-order valence-electron chi connectivity index (χ1n) is 5.77. The summed E-state index contributed by atoms with van der Waals surface area (Å²) in [5.74, 6) is -2.58. The van der Waals surface area contributed by atoms with Crippen molar-refractivity contribution in [1.29, 1.82) is 0 Å². The van der Waals surface area contributed by atoms with Crippen molar-refractivity contribution >= 4 is 29.4 Å². The number of carbonyl (C=O) groups is 5. The highest BCUT2D eigenvalue weighted by Gasteiger charge is 2.36. The Bertz CT molecular complexity index is 472. The van der Waals surface area contributed by atoms with Crippen molar-refractivity contribution in [3.63, 3.8) is 0 Å². The standard InChI is InChI=1S/C12H11NO6/c14-7-1-2-8(15)12(7)19-11(18)5-6-13-9(16)3-4-10(13)17/h3-4,12H,1-2,5-6H2. The van der Waals surface area contributed by atoms with Gasteiger partial charge in [0.25, 0.3) is 11.8 Å². The molecule has 0 unspecified atom stereocenters. The molecule has 0 aromatic rings. The average molecular weight is 265 g/mol. The van der Waals surface area contributed by atoms with E-state index in [1.165, 1.54) is 0 Å². The van der Waals surface area contributed by atoms with Crippen molar-refractivity contribution < 1.29 is 28.7 Å². The number of rotatable bonds is 4. The molecule has 0 radical (unpaired) electrons. The molecule has 1 heterocycles. The molecule has 0 saturated heterocycles. The van der Waals surface area contributed by atoms with E-state index in [1.54, 1.807) is 0 Å². The summed E-state index contributed by atoms with van der Waals surface area (Å²) in [7, 11) is 0. The van der Waals surface area contributed by atoms with Gasteiger partial charge >= 0.3 is 5.97 Å². The summed E-state index contributed by atoms with van der Waals surface area (Å²) in [6.07, 6.45) is 0.842. The monoisotopic (exact) mass is 265 g/mol. The van der Waals surface area contributed by atoms with Gasteiger partial charge in [-0.3, -0.25) is 28.9 Å². The maximum absolute atomic E-state index is 11.5. The summed E-state index contributed by atoms with van der Waals surface area (Å²) in [4.78, 5) is 57.3. The zero-order chi connectivity index (χ0) is 14.0. The van der Waals surface area contributed by atoms with E-state index >= 15 is 0 Å². The van der Waals surface area contributed by atoms with Gasteiger partial charge in [-0.2, -0.15) is 0 Å². The lowest BCUT2D eigenvalue weighted by atomic mass is 10.3. The van der Waals surface area contributed by atoms with Crippen LogP contribution in [0.2, 0.25) is 0 Å². The largest absolute Gasteiger partial charge is 0.446 e. The van der Waals surface area contributed by atoms with Gasteiger partial charge in [0.15, 0.2) is 11.6 Å². The fourth-order valence-electron chi connectivity index (χ4n) is 1.86. The summed E-state index contributed by atoms with van der Waals surface area (Å²) >= 11 is 0. The molecule has 1 fully saturated rings. The SMILES string of the molecule is O=C(CCN1C(=O)C=CC1=O)OC1C(=O)CCC1=O. The number of carbonyl (C=O) groups excluding carboxylic acids is 5. The normalized spacial score (nSPS) is 19.7. The predicted molar refractivity (Wildman–Crippen MR) is 59.6 cm³/mol. The fourth-order valence-corrected chi connectivity index (χ4v) is 1.86. The third-order valence-corrected chi connectivity index (χ3v) is 2.89. The van der Waals surface area contributed by atoms with Crippen LogP contribution < -0.4 is 0 Å². The molecule has 1 aliphatic heterocycles. The zero-order valence-corrected chi connectivity index (χ0v) is 9.96. The second-order valence-electron chi connectivity index (χ2n) is 4.21. The molecule has 0 spiro atoms. The highest BCUT2D eigenvalue weighted by atomic mass is 16.6. The fraction of sp³-hybridized carbons (Fsp3) is 0.417. The molecule has 2 aliphatic rings. The van der Waals surface area contributed by atoms with Crippen LogP contribution in [0.5, 0.6) is 0 Å². The Morgan fingerprint density at radius 1 is 1.11 bits per heavy atom. The van der Waals surface area contributed by atoms with Gasteiger partial charge in [-0.05, 0) is 0 Å². The zero-order valence-electron chi connectivity index (χ0n) is 9.96. The molecule has 2 rings (SSSR count). The number of Topliss-reactive ketones (excluding diaryl/α,β-unsaturated/α-hetero) is 2. The van der Waals surface area contributed by atoms with Crippen LogP contribution in [0.4, 0.5) is 0 Å². The average Bonchev–Trinajstić information content (AvgIpc) is 2.84. The first-order valence-corrected chi connectivity index (χ1v) is 5.77. The van der Waals surface area contributed by atoms with Crippen LogP contribution in [0.1, 0.15) is 19.3 Å². The summed E-state index contributed by atoms with van der Waals surface area (Å²) in [5, 5.41) is 0. The second-order valence-corrected chi connectivity index (χ2v) is 4.21. The van der Waals surface area contributed by atoms with E-state index < -0.39 is 35.5 Å². The van der Waals surface area contributed by atoms with Gasteiger partial charge < -0.3 is 4.74 Å². The van der Waals surface area contributed by atoms with Gasteiger partial charge in [0.05, 0.1) is 6.42 Å². The minimum atomic E-state index is -1.31. The molecule has 1 aliphatic carbocycles. The Kier molecular flexibility index (Phi) is 3.55. The minimum absolute atomic E-state index is 0.0871.